The lowest BCUT2D eigenvalue weighted by atomic mass is 9.88. The van der Waals surface area contributed by atoms with Gasteiger partial charge in [0.15, 0.2) is 11.4 Å². The molecular weight excluding hydrogens is 406 g/mol. The summed E-state index contributed by atoms with van der Waals surface area (Å²) in [6.45, 7) is 3.89. The molecule has 1 aliphatic heterocycles. The van der Waals surface area contributed by atoms with E-state index in [0.717, 1.165) is 0 Å². The monoisotopic (exact) mass is 419 g/mol. The molecule has 0 bridgehead atoms. The smallest absolute Gasteiger partial charge is 0.264 e. The predicted octanol–water partition coefficient (Wildman–Crippen LogP) is 4.10. The second-order valence-corrected chi connectivity index (χ2v) is 7.13. The zero-order valence-electron chi connectivity index (χ0n) is 13.2. The average Bonchev–Trinajstić information content (AvgIpc) is 2.77. The molecule has 1 aliphatic rings. The number of halogens is 2. The molecule has 1 atom stereocenters. The molecule has 0 radical (unpaired) electrons. The minimum absolute atomic E-state index is 0.246. The number of rotatable bonds is 5. The SMILES string of the molecule is C=CCN1C(=O)C(O)(CC(=O)c2ccccc2Cl)c2cc(Br)ccc21. The van der Waals surface area contributed by atoms with E-state index in [0.29, 0.717) is 20.7 Å². The maximum atomic E-state index is 12.9. The number of ketones is 1. The van der Waals surface area contributed by atoms with Gasteiger partial charge in [0, 0.05) is 22.1 Å². The van der Waals surface area contributed by atoms with Crippen LogP contribution in [0, 0.1) is 0 Å². The molecule has 0 aliphatic carbocycles. The topological polar surface area (TPSA) is 57.6 Å². The molecule has 0 saturated carbocycles. The van der Waals surface area contributed by atoms with Gasteiger partial charge in [-0.05, 0) is 30.3 Å². The standard InChI is InChI=1S/C19H15BrClNO3/c1-2-9-22-16-8-7-12(20)10-14(16)19(25,18(22)24)11-17(23)13-5-3-4-6-15(13)21/h2-8,10,25H,1,9,11H2. The van der Waals surface area contributed by atoms with Gasteiger partial charge in [-0.3, -0.25) is 9.59 Å². The summed E-state index contributed by atoms with van der Waals surface area (Å²) >= 11 is 9.42. The van der Waals surface area contributed by atoms with Crippen molar-refractivity contribution >= 4 is 44.9 Å². The largest absolute Gasteiger partial charge is 0.375 e. The number of carbonyl (C=O) groups excluding carboxylic acids is 2. The summed E-state index contributed by atoms with van der Waals surface area (Å²) < 4.78 is 0.711. The number of carbonyl (C=O) groups is 2. The Morgan fingerprint density at radius 2 is 2.04 bits per heavy atom. The van der Waals surface area contributed by atoms with Gasteiger partial charge in [-0.25, -0.2) is 0 Å². The van der Waals surface area contributed by atoms with E-state index in [1.54, 1.807) is 48.5 Å². The van der Waals surface area contributed by atoms with Crippen LogP contribution in [0.2, 0.25) is 5.02 Å². The summed E-state index contributed by atoms with van der Waals surface area (Å²) in [5, 5.41) is 11.4. The van der Waals surface area contributed by atoms with Gasteiger partial charge < -0.3 is 10.0 Å². The van der Waals surface area contributed by atoms with Crippen LogP contribution in [0.3, 0.4) is 0 Å². The molecule has 128 valence electrons. The highest BCUT2D eigenvalue weighted by Crippen LogP contribution is 2.44. The van der Waals surface area contributed by atoms with Gasteiger partial charge in [0.05, 0.1) is 17.1 Å². The minimum atomic E-state index is -1.93. The van der Waals surface area contributed by atoms with Gasteiger partial charge in [0.1, 0.15) is 0 Å². The Balaban J connectivity index is 2.04. The van der Waals surface area contributed by atoms with Crippen LogP contribution in [-0.4, -0.2) is 23.3 Å². The number of amides is 1. The van der Waals surface area contributed by atoms with Crippen LogP contribution in [-0.2, 0) is 10.4 Å². The maximum Gasteiger partial charge on any atom is 0.264 e. The molecule has 2 aromatic carbocycles. The first-order valence-corrected chi connectivity index (χ1v) is 8.78. The van der Waals surface area contributed by atoms with Gasteiger partial charge in [-0.15, -0.1) is 6.58 Å². The number of aliphatic hydroxyl groups is 1. The van der Waals surface area contributed by atoms with Gasteiger partial charge >= 0.3 is 0 Å². The number of hydrogen-bond donors (Lipinski definition) is 1. The Kier molecular flexibility index (Phi) is 4.82. The summed E-state index contributed by atoms with van der Waals surface area (Å²) in [6, 6.07) is 11.8. The fourth-order valence-electron chi connectivity index (χ4n) is 3.02. The molecular formula is C19H15BrClNO3. The van der Waals surface area contributed by atoms with Crippen molar-refractivity contribution in [3.05, 3.63) is 75.7 Å². The van der Waals surface area contributed by atoms with Gasteiger partial charge in [0.2, 0.25) is 0 Å². The second kappa shape index (κ2) is 6.75. The highest BCUT2D eigenvalue weighted by Gasteiger charge is 2.50. The first-order chi connectivity index (χ1) is 11.9. The molecule has 1 N–H and O–H groups in total. The summed E-state index contributed by atoms with van der Waals surface area (Å²) in [5.74, 6) is -0.936. The van der Waals surface area contributed by atoms with Gasteiger partial charge in [-0.2, -0.15) is 0 Å². The van der Waals surface area contributed by atoms with Crippen molar-refractivity contribution in [3.63, 3.8) is 0 Å². The van der Waals surface area contributed by atoms with E-state index in [-0.39, 0.29) is 18.5 Å². The van der Waals surface area contributed by atoms with Crippen molar-refractivity contribution in [2.45, 2.75) is 12.0 Å². The number of benzene rings is 2. The van der Waals surface area contributed by atoms with Crippen molar-refractivity contribution in [3.8, 4) is 0 Å². The van der Waals surface area contributed by atoms with Crippen LogP contribution in [0.1, 0.15) is 22.3 Å². The molecule has 6 heteroatoms. The van der Waals surface area contributed by atoms with E-state index in [4.69, 9.17) is 11.6 Å². The predicted molar refractivity (Wildman–Crippen MR) is 101 cm³/mol. The molecule has 0 fully saturated rings. The first kappa shape index (κ1) is 17.9. The van der Waals surface area contributed by atoms with Crippen LogP contribution in [0.5, 0.6) is 0 Å². The summed E-state index contributed by atoms with van der Waals surface area (Å²) in [7, 11) is 0. The van der Waals surface area contributed by atoms with E-state index in [2.05, 4.69) is 22.5 Å². The quantitative estimate of drug-likeness (QED) is 0.585. The van der Waals surface area contributed by atoms with Crippen molar-refractivity contribution in [1.82, 2.24) is 0 Å². The van der Waals surface area contributed by atoms with Gasteiger partial charge in [0.25, 0.3) is 5.91 Å². The molecule has 3 rings (SSSR count). The fourth-order valence-corrected chi connectivity index (χ4v) is 3.62. The Hall–Kier alpha value is -1.95. The van der Waals surface area contributed by atoms with Crippen LogP contribution >= 0.6 is 27.5 Å². The van der Waals surface area contributed by atoms with E-state index in [1.165, 1.54) is 4.90 Å². The molecule has 4 nitrogen and oxygen atoms in total. The molecule has 2 aromatic rings. The number of nitrogens with zero attached hydrogens (tertiary/aromatic N) is 1. The maximum absolute atomic E-state index is 12.9. The molecule has 1 unspecified atom stereocenters. The Labute approximate surface area is 158 Å². The van der Waals surface area contributed by atoms with Crippen LogP contribution in [0.25, 0.3) is 0 Å². The van der Waals surface area contributed by atoms with E-state index in [9.17, 15) is 14.7 Å². The highest BCUT2D eigenvalue weighted by molar-refractivity contribution is 9.10. The lowest BCUT2D eigenvalue weighted by Crippen LogP contribution is -2.42. The number of fused-ring (bicyclic) bond motifs is 1. The molecule has 25 heavy (non-hydrogen) atoms. The molecule has 0 spiro atoms. The number of Topliss-reactive ketones (excluding diaryl/α,β-unsaturated/α-hetero) is 1. The van der Waals surface area contributed by atoms with Crippen LogP contribution in [0.4, 0.5) is 5.69 Å². The van der Waals surface area contributed by atoms with E-state index in [1.807, 2.05) is 0 Å². The first-order valence-electron chi connectivity index (χ1n) is 7.61. The lowest BCUT2D eigenvalue weighted by molar-refractivity contribution is -0.135. The van der Waals surface area contributed by atoms with Crippen molar-refractivity contribution in [1.29, 1.82) is 0 Å². The Bertz CT molecular complexity index is 883. The number of hydrogen-bond acceptors (Lipinski definition) is 3. The molecule has 1 amide bonds. The van der Waals surface area contributed by atoms with Crippen molar-refractivity contribution < 1.29 is 14.7 Å². The van der Waals surface area contributed by atoms with Gasteiger partial charge in [-0.1, -0.05) is 45.7 Å². The highest BCUT2D eigenvalue weighted by atomic mass is 79.9. The van der Waals surface area contributed by atoms with E-state index >= 15 is 0 Å². The fraction of sp³-hybridized carbons (Fsp3) is 0.158. The molecule has 0 saturated heterocycles. The molecule has 0 aromatic heterocycles. The second-order valence-electron chi connectivity index (χ2n) is 5.81. The zero-order valence-corrected chi connectivity index (χ0v) is 15.5. The van der Waals surface area contributed by atoms with E-state index < -0.39 is 17.3 Å². The van der Waals surface area contributed by atoms with Crippen LogP contribution < -0.4 is 4.90 Å². The third kappa shape index (κ3) is 3.03. The third-order valence-corrected chi connectivity index (χ3v) is 5.02. The number of anilines is 1. The summed E-state index contributed by atoms with van der Waals surface area (Å²) in [5.41, 5.74) is -0.681. The lowest BCUT2D eigenvalue weighted by Gasteiger charge is -2.22. The average molecular weight is 421 g/mol. The normalized spacial score (nSPS) is 19.0. The Morgan fingerprint density at radius 3 is 2.72 bits per heavy atom. The summed E-state index contributed by atoms with van der Waals surface area (Å²) in [4.78, 5) is 27.0. The summed E-state index contributed by atoms with van der Waals surface area (Å²) in [6.07, 6.45) is 1.19. The minimum Gasteiger partial charge on any atom is -0.375 e. The van der Waals surface area contributed by atoms with Crippen molar-refractivity contribution in [2.75, 3.05) is 11.4 Å². The Morgan fingerprint density at radius 1 is 1.32 bits per heavy atom. The zero-order chi connectivity index (χ0) is 18.2. The molecule has 1 heterocycles. The van der Waals surface area contributed by atoms with Crippen molar-refractivity contribution in [2.24, 2.45) is 0 Å². The third-order valence-electron chi connectivity index (χ3n) is 4.20. The van der Waals surface area contributed by atoms with Crippen LogP contribution in [0.15, 0.2) is 59.6 Å².